The van der Waals surface area contributed by atoms with Gasteiger partial charge in [-0.1, -0.05) is 0 Å². The Morgan fingerprint density at radius 2 is 1.91 bits per heavy atom. The number of nitrogens with zero attached hydrogens (tertiary/aromatic N) is 2. The second-order valence-corrected chi connectivity index (χ2v) is 7.59. The maximum Gasteiger partial charge on any atom is 0.271 e. The number of hydrogen-bond donors (Lipinski definition) is 2. The maximum absolute atomic E-state index is 13.0. The van der Waals surface area contributed by atoms with Crippen molar-refractivity contribution in [2.24, 2.45) is 0 Å². The molecule has 0 bridgehead atoms. The Hall–Kier alpha value is -3.51. The lowest BCUT2D eigenvalue weighted by molar-refractivity contribution is -0.829. The van der Waals surface area contributed by atoms with Crippen molar-refractivity contribution in [3.8, 4) is 17.4 Å². The van der Waals surface area contributed by atoms with Crippen molar-refractivity contribution in [2.45, 2.75) is 27.2 Å². The number of aryl methyl sites for hydroxylation is 2. The van der Waals surface area contributed by atoms with E-state index in [9.17, 15) is 14.9 Å². The Labute approximate surface area is 186 Å². The van der Waals surface area contributed by atoms with Crippen LogP contribution in [0.15, 0.2) is 45.4 Å². The first-order valence-electron chi connectivity index (χ1n) is 10.2. The van der Waals surface area contributed by atoms with E-state index in [1.165, 1.54) is 6.08 Å². The second kappa shape index (κ2) is 9.75. The molecule has 1 aromatic carbocycles. The predicted octanol–water partition coefficient (Wildman–Crippen LogP) is 2.29. The first-order chi connectivity index (χ1) is 15.3. The lowest BCUT2D eigenvalue weighted by Gasteiger charge is -2.27. The number of hydrogen-bond acceptors (Lipinski definition) is 6. The molecule has 2 aromatic rings. The fourth-order valence-corrected chi connectivity index (χ4v) is 3.56. The largest absolute Gasteiger partial charge is 0.456 e. The van der Waals surface area contributed by atoms with Gasteiger partial charge in [0.2, 0.25) is 0 Å². The fraction of sp³-hybridized carbons (Fsp3) is 0.292. The number of benzene rings is 1. The number of amides is 2. The normalized spacial score (nSPS) is 15.6. The summed E-state index contributed by atoms with van der Waals surface area (Å²) in [5.74, 6) is -0.145. The summed E-state index contributed by atoms with van der Waals surface area (Å²) in [6, 6.07) is 9.45. The van der Waals surface area contributed by atoms with Gasteiger partial charge in [-0.3, -0.25) is 14.5 Å². The molecule has 0 atom stereocenters. The summed E-state index contributed by atoms with van der Waals surface area (Å²) in [7, 11) is 1.58. The van der Waals surface area contributed by atoms with E-state index < -0.39 is 11.8 Å². The summed E-state index contributed by atoms with van der Waals surface area (Å²) in [5.41, 5.74) is 6.00. The van der Waals surface area contributed by atoms with Crippen molar-refractivity contribution < 1.29 is 29.4 Å². The summed E-state index contributed by atoms with van der Waals surface area (Å²) in [6.45, 7) is 5.47. The first kappa shape index (κ1) is 23.2. The van der Waals surface area contributed by atoms with Gasteiger partial charge in [0.1, 0.15) is 23.2 Å². The van der Waals surface area contributed by atoms with E-state index in [2.05, 4.69) is 0 Å². The van der Waals surface area contributed by atoms with Crippen LogP contribution in [0, 0.1) is 25.2 Å². The number of aliphatic hydroxyl groups excluding tert-OH is 1. The average molecular weight is 436 g/mol. The van der Waals surface area contributed by atoms with Gasteiger partial charge in [-0.25, -0.2) is 4.84 Å². The van der Waals surface area contributed by atoms with Crippen molar-refractivity contribution in [3.05, 3.63) is 57.9 Å². The lowest BCUT2D eigenvalue weighted by atomic mass is 9.94. The van der Waals surface area contributed by atoms with Crippen molar-refractivity contribution in [1.29, 1.82) is 5.26 Å². The molecule has 2 heterocycles. The highest BCUT2D eigenvalue weighted by Crippen LogP contribution is 2.32. The topological polar surface area (TPSA) is 120 Å². The zero-order valence-electron chi connectivity index (χ0n) is 18.6. The van der Waals surface area contributed by atoms with Crippen molar-refractivity contribution in [1.82, 2.24) is 4.90 Å². The monoisotopic (exact) mass is 436 g/mol. The minimum Gasteiger partial charge on any atom is -0.456 e. The zero-order chi connectivity index (χ0) is 23.4. The fourth-order valence-electron chi connectivity index (χ4n) is 3.56. The van der Waals surface area contributed by atoms with E-state index in [0.29, 0.717) is 17.1 Å². The third kappa shape index (κ3) is 4.41. The molecule has 3 N–H and O–H groups in total. The molecular formula is C24H26N3O5+. The zero-order valence-corrected chi connectivity index (χ0v) is 18.6. The Kier molecular flexibility index (Phi) is 7.05. The molecule has 8 heteroatoms. The van der Waals surface area contributed by atoms with Gasteiger partial charge in [0.25, 0.3) is 11.8 Å². The standard InChI is InChI=1S/C24H25N3O5/c1-14-10-19(21(26-31-4)11-15(14)2)22-7-6-17(32-22)12-18-16(3)20(13-25)24(30)27(23(18)29)8-5-9-28/h6-7,10-12,26,28H,5,8-9H2,1-4H3/p+1/b18-12-. The van der Waals surface area contributed by atoms with Crippen LogP contribution in [0.2, 0.25) is 0 Å². The Bertz CT molecular complexity index is 1170. The van der Waals surface area contributed by atoms with Crippen LogP contribution in [0.4, 0.5) is 5.69 Å². The molecule has 0 unspecified atom stereocenters. The maximum atomic E-state index is 13.0. The molecule has 32 heavy (non-hydrogen) atoms. The van der Waals surface area contributed by atoms with Gasteiger partial charge < -0.3 is 9.52 Å². The molecule has 2 amide bonds. The molecule has 0 saturated heterocycles. The predicted molar refractivity (Wildman–Crippen MR) is 117 cm³/mol. The molecule has 8 nitrogen and oxygen atoms in total. The van der Waals surface area contributed by atoms with Gasteiger partial charge in [0.15, 0.2) is 5.69 Å². The van der Waals surface area contributed by atoms with Crippen LogP contribution in [0.3, 0.4) is 0 Å². The molecular weight excluding hydrogens is 410 g/mol. The highest BCUT2D eigenvalue weighted by molar-refractivity contribution is 6.19. The number of rotatable bonds is 7. The van der Waals surface area contributed by atoms with Gasteiger partial charge in [0, 0.05) is 24.8 Å². The number of nitriles is 1. The highest BCUT2D eigenvalue weighted by atomic mass is 16.6. The smallest absolute Gasteiger partial charge is 0.271 e. The number of carbonyl (C=O) groups excluding carboxylic acids is 2. The molecule has 0 fully saturated rings. The first-order valence-corrected chi connectivity index (χ1v) is 10.2. The third-order valence-electron chi connectivity index (χ3n) is 5.45. The summed E-state index contributed by atoms with van der Waals surface area (Å²) in [6.07, 6.45) is 1.77. The summed E-state index contributed by atoms with van der Waals surface area (Å²) in [5, 5.41) is 18.5. The van der Waals surface area contributed by atoms with E-state index in [0.717, 1.165) is 27.3 Å². The Balaban J connectivity index is 2.04. The van der Waals surface area contributed by atoms with Crippen LogP contribution in [0.5, 0.6) is 0 Å². The second-order valence-electron chi connectivity index (χ2n) is 7.59. The number of quaternary nitrogens is 1. The highest BCUT2D eigenvalue weighted by Gasteiger charge is 2.35. The van der Waals surface area contributed by atoms with Crippen LogP contribution < -0.4 is 5.48 Å². The molecule has 1 aliphatic rings. The van der Waals surface area contributed by atoms with Crippen molar-refractivity contribution in [2.75, 3.05) is 20.3 Å². The number of imide groups is 1. The van der Waals surface area contributed by atoms with Gasteiger partial charge in [0.05, 0.1) is 12.7 Å². The lowest BCUT2D eigenvalue weighted by Crippen LogP contribution is -2.76. The van der Waals surface area contributed by atoms with Crippen LogP contribution in [-0.2, 0) is 14.4 Å². The van der Waals surface area contributed by atoms with E-state index in [4.69, 9.17) is 14.4 Å². The van der Waals surface area contributed by atoms with Crippen molar-refractivity contribution in [3.63, 3.8) is 0 Å². The van der Waals surface area contributed by atoms with E-state index >= 15 is 0 Å². The number of carbonyl (C=O) groups is 2. The van der Waals surface area contributed by atoms with Gasteiger partial charge >= 0.3 is 0 Å². The summed E-state index contributed by atoms with van der Waals surface area (Å²) in [4.78, 5) is 31.7. The molecule has 0 aliphatic carbocycles. The van der Waals surface area contributed by atoms with Crippen molar-refractivity contribution >= 4 is 23.6 Å². The Morgan fingerprint density at radius 3 is 2.56 bits per heavy atom. The third-order valence-corrected chi connectivity index (χ3v) is 5.45. The van der Waals surface area contributed by atoms with Gasteiger partial charge in [-0.15, -0.1) is 0 Å². The molecule has 0 spiro atoms. The summed E-state index contributed by atoms with van der Waals surface area (Å²) >= 11 is 0. The molecule has 3 rings (SSSR count). The van der Waals surface area contributed by atoms with Crippen LogP contribution in [0.1, 0.15) is 30.2 Å². The Morgan fingerprint density at radius 1 is 1.19 bits per heavy atom. The minimum atomic E-state index is -0.643. The van der Waals surface area contributed by atoms with Crippen LogP contribution >= 0.6 is 0 Å². The van der Waals surface area contributed by atoms with Crippen LogP contribution in [-0.4, -0.2) is 42.1 Å². The number of nitrogens with two attached hydrogens (primary N) is 1. The van der Waals surface area contributed by atoms with Crippen LogP contribution in [0.25, 0.3) is 17.4 Å². The van der Waals surface area contributed by atoms with E-state index in [-0.39, 0.29) is 30.7 Å². The average Bonchev–Trinajstić information content (AvgIpc) is 3.22. The summed E-state index contributed by atoms with van der Waals surface area (Å²) < 4.78 is 6.01. The van der Waals surface area contributed by atoms with Gasteiger partial charge in [-0.05, 0) is 68.2 Å². The quantitative estimate of drug-likeness (QED) is 0.297. The molecule has 166 valence electrons. The SMILES string of the molecule is CO[NH2+]c1cc(C)c(C)cc1-c1ccc(/C=C2\C(=O)N(CCCO)C(=O)C(C#N)=C2C)o1. The van der Waals surface area contributed by atoms with Gasteiger partial charge in [-0.2, -0.15) is 10.7 Å². The molecule has 1 aliphatic heterocycles. The number of furan rings is 1. The number of aliphatic hydroxyl groups is 1. The van der Waals surface area contributed by atoms with E-state index in [1.807, 2.05) is 32.0 Å². The molecule has 1 aromatic heterocycles. The molecule has 0 radical (unpaired) electrons. The van der Waals surface area contributed by atoms with E-state index in [1.54, 1.807) is 31.6 Å². The minimum absolute atomic E-state index is 0.0340. The molecule has 0 saturated carbocycles.